The molecule has 5 heteroatoms. The lowest BCUT2D eigenvalue weighted by molar-refractivity contribution is 0.191. The summed E-state index contributed by atoms with van der Waals surface area (Å²) < 4.78 is 27.8. The summed E-state index contributed by atoms with van der Waals surface area (Å²) >= 11 is 0. The van der Waals surface area contributed by atoms with Gasteiger partial charge < -0.3 is 4.90 Å². The molecule has 112 valence electrons. The molecule has 0 heterocycles. The van der Waals surface area contributed by atoms with Crippen LogP contribution in [0, 0.1) is 6.92 Å². The minimum Gasteiger partial charge on any atom is -0.305 e. The van der Waals surface area contributed by atoms with Crippen LogP contribution >= 0.6 is 0 Å². The van der Waals surface area contributed by atoms with Gasteiger partial charge in [0.1, 0.15) is 0 Å². The molecule has 0 aromatic heterocycles. The summed E-state index contributed by atoms with van der Waals surface area (Å²) in [6.07, 6.45) is 4.22. The number of hydrogen-bond donors (Lipinski definition) is 1. The second-order valence-corrected chi connectivity index (χ2v) is 7.57. The zero-order chi connectivity index (χ0) is 14.8. The second kappa shape index (κ2) is 6.24. The van der Waals surface area contributed by atoms with E-state index in [1.165, 1.54) is 6.42 Å². The van der Waals surface area contributed by atoms with Crippen LogP contribution in [0.15, 0.2) is 29.2 Å². The SMILES string of the molecule is Cc1ccc(S(=O)(=O)N[C@H]2CCCC[C@@H]2N(C)C)cc1. The normalized spacial score (nSPS) is 24.0. The summed E-state index contributed by atoms with van der Waals surface area (Å²) in [5, 5.41) is 0. The lowest BCUT2D eigenvalue weighted by Gasteiger charge is -2.36. The lowest BCUT2D eigenvalue weighted by Crippen LogP contribution is -2.50. The van der Waals surface area contributed by atoms with Gasteiger partial charge in [-0.1, -0.05) is 30.5 Å². The maximum atomic E-state index is 12.5. The van der Waals surface area contributed by atoms with Gasteiger partial charge in [-0.3, -0.25) is 0 Å². The smallest absolute Gasteiger partial charge is 0.240 e. The Morgan fingerprint density at radius 2 is 1.70 bits per heavy atom. The fourth-order valence-corrected chi connectivity index (χ4v) is 4.16. The van der Waals surface area contributed by atoms with Gasteiger partial charge in [-0.15, -0.1) is 0 Å². The van der Waals surface area contributed by atoms with Gasteiger partial charge in [0.25, 0.3) is 0 Å². The molecular formula is C15H24N2O2S. The van der Waals surface area contributed by atoms with Gasteiger partial charge >= 0.3 is 0 Å². The van der Waals surface area contributed by atoms with Crippen molar-refractivity contribution < 1.29 is 8.42 Å². The van der Waals surface area contributed by atoms with Gasteiger partial charge in [-0.05, 0) is 46.0 Å². The number of rotatable bonds is 4. The second-order valence-electron chi connectivity index (χ2n) is 5.86. The number of nitrogens with zero attached hydrogens (tertiary/aromatic N) is 1. The van der Waals surface area contributed by atoms with Crippen molar-refractivity contribution in [2.75, 3.05) is 14.1 Å². The van der Waals surface area contributed by atoms with E-state index in [4.69, 9.17) is 0 Å². The minimum atomic E-state index is -3.42. The van der Waals surface area contributed by atoms with Crippen molar-refractivity contribution in [2.24, 2.45) is 0 Å². The van der Waals surface area contributed by atoms with Gasteiger partial charge in [0.15, 0.2) is 0 Å². The molecule has 0 saturated heterocycles. The molecule has 0 bridgehead atoms. The molecule has 4 nitrogen and oxygen atoms in total. The molecule has 1 saturated carbocycles. The van der Waals surface area contributed by atoms with Crippen LogP contribution in [0.5, 0.6) is 0 Å². The highest BCUT2D eigenvalue weighted by Crippen LogP contribution is 2.23. The molecule has 0 spiro atoms. The Kier molecular flexibility index (Phi) is 4.83. The predicted molar refractivity (Wildman–Crippen MR) is 81.2 cm³/mol. The van der Waals surface area contributed by atoms with Crippen LogP contribution in [0.1, 0.15) is 31.2 Å². The topological polar surface area (TPSA) is 49.4 Å². The van der Waals surface area contributed by atoms with Crippen molar-refractivity contribution in [3.63, 3.8) is 0 Å². The van der Waals surface area contributed by atoms with E-state index in [9.17, 15) is 8.42 Å². The van der Waals surface area contributed by atoms with Gasteiger partial charge in [-0.25, -0.2) is 13.1 Å². The summed E-state index contributed by atoms with van der Waals surface area (Å²) in [7, 11) is 0.614. The highest BCUT2D eigenvalue weighted by molar-refractivity contribution is 7.89. The largest absolute Gasteiger partial charge is 0.305 e. The molecule has 1 aliphatic carbocycles. The Bertz CT molecular complexity index is 537. The fraction of sp³-hybridized carbons (Fsp3) is 0.600. The molecule has 0 unspecified atom stereocenters. The van der Waals surface area contributed by atoms with E-state index in [2.05, 4.69) is 9.62 Å². The van der Waals surface area contributed by atoms with Crippen molar-refractivity contribution in [1.82, 2.24) is 9.62 Å². The third-order valence-corrected chi connectivity index (χ3v) is 5.54. The van der Waals surface area contributed by atoms with Crippen LogP contribution in [0.2, 0.25) is 0 Å². The molecule has 0 amide bonds. The maximum absolute atomic E-state index is 12.5. The van der Waals surface area contributed by atoms with E-state index in [1.54, 1.807) is 12.1 Å². The van der Waals surface area contributed by atoms with E-state index in [0.717, 1.165) is 24.8 Å². The molecule has 2 atom stereocenters. The number of sulfonamides is 1. The molecule has 1 N–H and O–H groups in total. The van der Waals surface area contributed by atoms with Crippen molar-refractivity contribution in [3.05, 3.63) is 29.8 Å². The molecule has 2 rings (SSSR count). The summed E-state index contributed by atoms with van der Waals surface area (Å²) in [5.41, 5.74) is 1.06. The van der Waals surface area contributed by atoms with E-state index in [0.29, 0.717) is 4.90 Å². The number of aryl methyl sites for hydroxylation is 1. The van der Waals surface area contributed by atoms with Crippen LogP contribution in [0.25, 0.3) is 0 Å². The highest BCUT2D eigenvalue weighted by Gasteiger charge is 2.30. The monoisotopic (exact) mass is 296 g/mol. The van der Waals surface area contributed by atoms with Gasteiger partial charge in [0, 0.05) is 12.1 Å². The standard InChI is InChI=1S/C15H24N2O2S/c1-12-8-10-13(11-9-12)20(18,19)16-14-6-4-5-7-15(14)17(2)3/h8-11,14-16H,4-7H2,1-3H3/t14-,15-/m0/s1. The molecule has 20 heavy (non-hydrogen) atoms. The maximum Gasteiger partial charge on any atom is 0.240 e. The van der Waals surface area contributed by atoms with Gasteiger partial charge in [-0.2, -0.15) is 0 Å². The van der Waals surface area contributed by atoms with Crippen LogP contribution < -0.4 is 4.72 Å². The molecule has 0 aliphatic heterocycles. The predicted octanol–water partition coefficient (Wildman–Crippen LogP) is 2.15. The van der Waals surface area contributed by atoms with Gasteiger partial charge in [0.05, 0.1) is 4.90 Å². The molecule has 1 fully saturated rings. The van der Waals surface area contributed by atoms with E-state index in [-0.39, 0.29) is 12.1 Å². The zero-order valence-corrected chi connectivity index (χ0v) is 13.3. The Morgan fingerprint density at radius 3 is 2.30 bits per heavy atom. The van der Waals surface area contributed by atoms with Crippen molar-refractivity contribution in [2.45, 2.75) is 49.6 Å². The molecule has 1 aliphatic rings. The minimum absolute atomic E-state index is 0.00468. The van der Waals surface area contributed by atoms with Crippen LogP contribution in [0.3, 0.4) is 0 Å². The molecule has 0 radical (unpaired) electrons. The molecule has 1 aromatic carbocycles. The first-order valence-electron chi connectivity index (χ1n) is 7.15. The Balaban J connectivity index is 2.16. The fourth-order valence-electron chi connectivity index (χ4n) is 2.85. The van der Waals surface area contributed by atoms with E-state index >= 15 is 0 Å². The van der Waals surface area contributed by atoms with Gasteiger partial charge in [0.2, 0.25) is 10.0 Å². The van der Waals surface area contributed by atoms with Crippen LogP contribution in [0.4, 0.5) is 0 Å². The third kappa shape index (κ3) is 3.59. The van der Waals surface area contributed by atoms with Crippen LogP contribution in [-0.2, 0) is 10.0 Å². The number of nitrogens with one attached hydrogen (secondary N) is 1. The lowest BCUT2D eigenvalue weighted by atomic mass is 9.90. The van der Waals surface area contributed by atoms with Crippen molar-refractivity contribution in [3.8, 4) is 0 Å². The van der Waals surface area contributed by atoms with E-state index < -0.39 is 10.0 Å². The summed E-state index contributed by atoms with van der Waals surface area (Å²) in [4.78, 5) is 2.48. The number of hydrogen-bond acceptors (Lipinski definition) is 3. The Morgan fingerprint density at radius 1 is 1.10 bits per heavy atom. The average Bonchev–Trinajstić information content (AvgIpc) is 2.39. The Hall–Kier alpha value is -0.910. The summed E-state index contributed by atoms with van der Waals surface area (Å²) in [6, 6.07) is 7.29. The van der Waals surface area contributed by atoms with Crippen LogP contribution in [-0.4, -0.2) is 39.5 Å². The average molecular weight is 296 g/mol. The van der Waals surface area contributed by atoms with E-state index in [1.807, 2.05) is 33.2 Å². The first-order chi connectivity index (χ1) is 9.40. The zero-order valence-electron chi connectivity index (χ0n) is 12.5. The molecular weight excluding hydrogens is 272 g/mol. The summed E-state index contributed by atoms with van der Waals surface area (Å²) in [6.45, 7) is 1.95. The van der Waals surface area contributed by atoms with Crippen molar-refractivity contribution >= 4 is 10.0 Å². The first-order valence-corrected chi connectivity index (χ1v) is 8.64. The number of likely N-dealkylation sites (N-methyl/N-ethyl adjacent to an activating group) is 1. The van der Waals surface area contributed by atoms with Crippen molar-refractivity contribution in [1.29, 1.82) is 0 Å². The third-order valence-electron chi connectivity index (χ3n) is 4.03. The number of benzene rings is 1. The Labute approximate surface area is 122 Å². The molecule has 1 aromatic rings. The quantitative estimate of drug-likeness (QED) is 0.926. The summed E-state index contributed by atoms with van der Waals surface area (Å²) in [5.74, 6) is 0. The first kappa shape index (κ1) is 15.5. The highest BCUT2D eigenvalue weighted by atomic mass is 32.2.